The van der Waals surface area contributed by atoms with Crippen LogP contribution in [0.4, 0.5) is 0 Å². The number of hydrogen-bond acceptors (Lipinski definition) is 3. The number of piperidine rings is 1. The number of allylic oxidation sites excluding steroid dienone is 1. The lowest BCUT2D eigenvalue weighted by molar-refractivity contribution is -0.103. The Morgan fingerprint density at radius 3 is 2.50 bits per heavy atom. The predicted octanol–water partition coefficient (Wildman–Crippen LogP) is 2.11. The zero-order valence-corrected chi connectivity index (χ0v) is 9.30. The van der Waals surface area contributed by atoms with Gasteiger partial charge >= 0.3 is 0 Å². The van der Waals surface area contributed by atoms with E-state index >= 15 is 0 Å². The Bertz CT molecular complexity index is 367. The summed E-state index contributed by atoms with van der Waals surface area (Å²) in [6.07, 6.45) is 10.1. The van der Waals surface area contributed by atoms with Crippen LogP contribution in [0.1, 0.15) is 24.8 Å². The smallest absolute Gasteiger partial charge is 0.152 e. The van der Waals surface area contributed by atoms with Crippen molar-refractivity contribution in [2.45, 2.75) is 19.3 Å². The summed E-state index contributed by atoms with van der Waals surface area (Å²) in [5, 5.41) is 0. The molecular formula is C13H16N2O. The third kappa shape index (κ3) is 2.69. The van der Waals surface area contributed by atoms with E-state index in [1.54, 1.807) is 12.4 Å². The highest BCUT2D eigenvalue weighted by Gasteiger charge is 2.08. The summed E-state index contributed by atoms with van der Waals surface area (Å²) in [5.41, 5.74) is 1.68. The van der Waals surface area contributed by atoms with Crippen molar-refractivity contribution >= 4 is 11.9 Å². The van der Waals surface area contributed by atoms with E-state index in [1.165, 1.54) is 19.3 Å². The highest BCUT2D eigenvalue weighted by molar-refractivity contribution is 6.06. The molecule has 2 heterocycles. The Balaban J connectivity index is 2.15. The summed E-state index contributed by atoms with van der Waals surface area (Å²) in [6.45, 7) is 2.12. The molecular weight excluding hydrogens is 200 g/mol. The molecule has 1 saturated heterocycles. The van der Waals surface area contributed by atoms with E-state index in [4.69, 9.17) is 0 Å². The monoisotopic (exact) mass is 216 g/mol. The number of rotatable bonds is 3. The SMILES string of the molecule is O=C/C(=C/N1CCCCC1)c1ccncc1. The first-order chi connectivity index (χ1) is 7.90. The third-order valence-corrected chi connectivity index (χ3v) is 2.85. The molecule has 0 unspecified atom stereocenters. The first kappa shape index (κ1) is 10.9. The van der Waals surface area contributed by atoms with Crippen molar-refractivity contribution in [1.82, 2.24) is 9.88 Å². The predicted molar refractivity (Wildman–Crippen MR) is 63.7 cm³/mol. The molecule has 1 aromatic heterocycles. The van der Waals surface area contributed by atoms with Gasteiger partial charge in [0, 0.05) is 37.3 Å². The molecule has 1 aromatic rings. The average Bonchev–Trinajstić information content (AvgIpc) is 2.38. The van der Waals surface area contributed by atoms with Crippen LogP contribution in [0.5, 0.6) is 0 Å². The van der Waals surface area contributed by atoms with Crippen LogP contribution in [-0.4, -0.2) is 29.3 Å². The lowest BCUT2D eigenvalue weighted by atomic mass is 10.1. The van der Waals surface area contributed by atoms with Crippen molar-refractivity contribution < 1.29 is 4.79 Å². The fourth-order valence-electron chi connectivity index (χ4n) is 1.96. The highest BCUT2D eigenvalue weighted by Crippen LogP contribution is 2.15. The number of carbonyl (C=O) groups excluding carboxylic acids is 1. The molecule has 16 heavy (non-hydrogen) atoms. The molecule has 84 valence electrons. The van der Waals surface area contributed by atoms with E-state index in [2.05, 4.69) is 9.88 Å². The van der Waals surface area contributed by atoms with Crippen LogP contribution in [0, 0.1) is 0 Å². The van der Waals surface area contributed by atoms with Crippen LogP contribution in [0.15, 0.2) is 30.7 Å². The Morgan fingerprint density at radius 1 is 1.19 bits per heavy atom. The van der Waals surface area contributed by atoms with Crippen molar-refractivity contribution in [3.63, 3.8) is 0 Å². The molecule has 3 nitrogen and oxygen atoms in total. The first-order valence-electron chi connectivity index (χ1n) is 5.71. The number of pyridine rings is 1. The molecule has 1 aliphatic rings. The molecule has 1 fully saturated rings. The van der Waals surface area contributed by atoms with Gasteiger partial charge in [0.15, 0.2) is 6.29 Å². The van der Waals surface area contributed by atoms with Gasteiger partial charge in [0.25, 0.3) is 0 Å². The van der Waals surface area contributed by atoms with Crippen LogP contribution in [0.25, 0.3) is 5.57 Å². The van der Waals surface area contributed by atoms with Gasteiger partial charge in [-0.15, -0.1) is 0 Å². The summed E-state index contributed by atoms with van der Waals surface area (Å²) >= 11 is 0. The maximum absolute atomic E-state index is 11.1. The molecule has 0 atom stereocenters. The van der Waals surface area contributed by atoms with E-state index in [-0.39, 0.29) is 0 Å². The normalized spacial score (nSPS) is 17.2. The molecule has 2 rings (SSSR count). The minimum Gasteiger partial charge on any atom is -0.377 e. The van der Waals surface area contributed by atoms with Crippen LogP contribution >= 0.6 is 0 Å². The van der Waals surface area contributed by atoms with Crippen molar-refractivity contribution in [3.8, 4) is 0 Å². The van der Waals surface area contributed by atoms with Crippen LogP contribution in [0.3, 0.4) is 0 Å². The molecule has 3 heteroatoms. The van der Waals surface area contributed by atoms with Gasteiger partial charge in [0.1, 0.15) is 0 Å². The Labute approximate surface area is 95.8 Å². The fourth-order valence-corrected chi connectivity index (χ4v) is 1.96. The number of likely N-dealkylation sites (tertiary alicyclic amines) is 1. The van der Waals surface area contributed by atoms with E-state index in [0.717, 1.165) is 30.5 Å². The van der Waals surface area contributed by atoms with Crippen molar-refractivity contribution in [1.29, 1.82) is 0 Å². The van der Waals surface area contributed by atoms with Crippen LogP contribution in [-0.2, 0) is 4.79 Å². The van der Waals surface area contributed by atoms with E-state index in [1.807, 2.05) is 18.3 Å². The lowest BCUT2D eigenvalue weighted by Gasteiger charge is -2.25. The van der Waals surface area contributed by atoms with Gasteiger partial charge in [0.2, 0.25) is 0 Å². The number of aromatic nitrogens is 1. The Morgan fingerprint density at radius 2 is 1.88 bits per heavy atom. The summed E-state index contributed by atoms with van der Waals surface area (Å²) in [5.74, 6) is 0. The zero-order chi connectivity index (χ0) is 11.2. The summed E-state index contributed by atoms with van der Waals surface area (Å²) < 4.78 is 0. The second kappa shape index (κ2) is 5.45. The zero-order valence-electron chi connectivity index (χ0n) is 9.30. The van der Waals surface area contributed by atoms with Crippen LogP contribution < -0.4 is 0 Å². The number of carbonyl (C=O) groups is 1. The lowest BCUT2D eigenvalue weighted by Crippen LogP contribution is -2.24. The quantitative estimate of drug-likeness (QED) is 0.573. The second-order valence-electron chi connectivity index (χ2n) is 4.03. The number of hydrogen-bond donors (Lipinski definition) is 0. The minimum atomic E-state index is 0.740. The summed E-state index contributed by atoms with van der Waals surface area (Å²) in [7, 11) is 0. The Kier molecular flexibility index (Phi) is 3.70. The van der Waals surface area contributed by atoms with Gasteiger partial charge in [-0.05, 0) is 37.0 Å². The minimum absolute atomic E-state index is 0.740. The van der Waals surface area contributed by atoms with Crippen molar-refractivity contribution in [2.75, 3.05) is 13.1 Å². The highest BCUT2D eigenvalue weighted by atomic mass is 16.1. The van der Waals surface area contributed by atoms with Gasteiger partial charge < -0.3 is 4.90 Å². The molecule has 0 spiro atoms. The van der Waals surface area contributed by atoms with E-state index in [0.29, 0.717) is 0 Å². The molecule has 0 radical (unpaired) electrons. The molecule has 0 saturated carbocycles. The van der Waals surface area contributed by atoms with Crippen LogP contribution in [0.2, 0.25) is 0 Å². The van der Waals surface area contributed by atoms with Crippen molar-refractivity contribution in [3.05, 3.63) is 36.3 Å². The summed E-state index contributed by atoms with van der Waals surface area (Å²) in [4.78, 5) is 17.2. The van der Waals surface area contributed by atoms with Gasteiger partial charge in [0.05, 0.1) is 0 Å². The molecule has 0 aliphatic carbocycles. The van der Waals surface area contributed by atoms with Gasteiger partial charge in [-0.2, -0.15) is 0 Å². The molecule has 1 aliphatic heterocycles. The maximum atomic E-state index is 11.1. The molecule has 0 aromatic carbocycles. The van der Waals surface area contributed by atoms with Gasteiger partial charge in [-0.25, -0.2) is 0 Å². The Hall–Kier alpha value is -1.64. The van der Waals surface area contributed by atoms with E-state index in [9.17, 15) is 4.79 Å². The fraction of sp³-hybridized carbons (Fsp3) is 0.385. The number of aldehydes is 1. The molecule has 0 bridgehead atoms. The maximum Gasteiger partial charge on any atom is 0.152 e. The molecule has 0 amide bonds. The standard InChI is InChI=1S/C13H16N2O/c16-11-13(12-4-6-14-7-5-12)10-15-8-2-1-3-9-15/h4-7,10-11H,1-3,8-9H2/b13-10-. The number of nitrogens with zero attached hydrogens (tertiary/aromatic N) is 2. The first-order valence-corrected chi connectivity index (χ1v) is 5.71. The average molecular weight is 216 g/mol. The van der Waals surface area contributed by atoms with E-state index < -0.39 is 0 Å². The second-order valence-corrected chi connectivity index (χ2v) is 4.03. The molecule has 0 N–H and O–H groups in total. The van der Waals surface area contributed by atoms with Gasteiger partial charge in [-0.1, -0.05) is 0 Å². The largest absolute Gasteiger partial charge is 0.377 e. The van der Waals surface area contributed by atoms with Gasteiger partial charge in [-0.3, -0.25) is 9.78 Å². The van der Waals surface area contributed by atoms with Crippen molar-refractivity contribution in [2.24, 2.45) is 0 Å². The third-order valence-electron chi connectivity index (χ3n) is 2.85. The topological polar surface area (TPSA) is 33.2 Å². The summed E-state index contributed by atoms with van der Waals surface area (Å²) in [6, 6.07) is 3.73.